The van der Waals surface area contributed by atoms with Crippen molar-refractivity contribution in [1.29, 1.82) is 0 Å². The van der Waals surface area contributed by atoms with Gasteiger partial charge in [0.1, 0.15) is 0 Å². The molecule has 0 rings (SSSR count). The van der Waals surface area contributed by atoms with Crippen LogP contribution < -0.4 is 0 Å². The van der Waals surface area contributed by atoms with Crippen LogP contribution in [0, 0.1) is 0 Å². The van der Waals surface area contributed by atoms with E-state index in [9.17, 15) is 0 Å². The molecule has 28 heavy (non-hydrogen) atoms. The molecule has 0 aliphatic rings. The summed E-state index contributed by atoms with van der Waals surface area (Å²) < 4.78 is 43.6. The maximum atomic E-state index is 5.76. The Morgan fingerprint density at radius 3 is 0.893 bits per heavy atom. The molecule has 0 N–H and O–H groups in total. The molecule has 0 atom stereocenters. The minimum Gasteiger partial charge on any atom is -0.355 e. The van der Waals surface area contributed by atoms with Crippen molar-refractivity contribution in [2.24, 2.45) is 0 Å². The van der Waals surface area contributed by atoms with Gasteiger partial charge < -0.3 is 35.4 Å². The molecular formula is C18H44O8Si2. The lowest BCUT2D eigenvalue weighted by molar-refractivity contribution is -0.0347. The zero-order chi connectivity index (χ0) is 21.7. The van der Waals surface area contributed by atoms with Crippen molar-refractivity contribution in [3.8, 4) is 0 Å². The summed E-state index contributed by atoms with van der Waals surface area (Å²) >= 11 is 0. The predicted octanol–water partition coefficient (Wildman–Crippen LogP) is 3.92. The highest BCUT2D eigenvalue weighted by Crippen LogP contribution is 2.14. The predicted molar refractivity (Wildman–Crippen MR) is 114 cm³/mol. The van der Waals surface area contributed by atoms with Crippen LogP contribution in [-0.2, 0) is 35.4 Å². The van der Waals surface area contributed by atoms with Gasteiger partial charge in [0.05, 0.1) is 0 Å². The van der Waals surface area contributed by atoms with Crippen molar-refractivity contribution in [2.45, 2.75) is 67.2 Å². The smallest absolute Gasteiger partial charge is 0.355 e. The highest BCUT2D eigenvalue weighted by Gasteiger charge is 2.45. The van der Waals surface area contributed by atoms with Crippen LogP contribution >= 0.6 is 0 Å². The molecule has 0 saturated heterocycles. The summed E-state index contributed by atoms with van der Waals surface area (Å²) in [4.78, 5) is 0. The second kappa shape index (κ2) is 20.4. The summed E-state index contributed by atoms with van der Waals surface area (Å²) in [5.74, 6) is 0. The molecule has 0 heterocycles. The summed E-state index contributed by atoms with van der Waals surface area (Å²) in [6.45, 7) is 15.6. The molecule has 0 radical (unpaired) electrons. The third-order valence-corrected chi connectivity index (χ3v) is 7.59. The summed E-state index contributed by atoms with van der Waals surface area (Å²) in [6, 6.07) is 0. The van der Waals surface area contributed by atoms with Crippen LogP contribution in [-0.4, -0.2) is 72.0 Å². The average Bonchev–Trinajstić information content (AvgIpc) is 2.73. The minimum atomic E-state index is -2.88. The van der Waals surface area contributed by atoms with E-state index in [0.717, 1.165) is 25.7 Å². The molecule has 0 spiro atoms. The van der Waals surface area contributed by atoms with E-state index >= 15 is 0 Å². The molecule has 0 aromatic rings. The van der Waals surface area contributed by atoms with Crippen LogP contribution in [0.2, 0.25) is 0 Å². The van der Waals surface area contributed by atoms with Crippen molar-refractivity contribution in [3.05, 3.63) is 0 Å². The fourth-order valence-electron chi connectivity index (χ4n) is 1.87. The SMILES string of the molecule is CCCO[Si](OCCC)(OCCC)OCCC.CCO[Si](OC)(OC)OCC. The molecule has 8 nitrogen and oxygen atoms in total. The van der Waals surface area contributed by atoms with E-state index in [-0.39, 0.29) is 0 Å². The summed E-state index contributed by atoms with van der Waals surface area (Å²) in [5.41, 5.74) is 0. The van der Waals surface area contributed by atoms with E-state index in [1.54, 1.807) is 0 Å². The van der Waals surface area contributed by atoms with Crippen molar-refractivity contribution in [1.82, 2.24) is 0 Å². The van der Waals surface area contributed by atoms with Crippen LogP contribution in [0.5, 0.6) is 0 Å². The maximum Gasteiger partial charge on any atom is 0.679 e. The Kier molecular flexibility index (Phi) is 22.1. The van der Waals surface area contributed by atoms with Crippen molar-refractivity contribution >= 4 is 18.1 Å². The van der Waals surface area contributed by atoms with Crippen molar-refractivity contribution in [2.75, 3.05) is 53.9 Å². The van der Waals surface area contributed by atoms with Gasteiger partial charge in [0, 0.05) is 53.9 Å². The Hall–Kier alpha value is 0.114. The summed E-state index contributed by atoms with van der Waals surface area (Å²) in [5, 5.41) is 0. The summed E-state index contributed by atoms with van der Waals surface area (Å²) in [6.07, 6.45) is 3.76. The van der Waals surface area contributed by atoms with Gasteiger partial charge in [-0.2, -0.15) is 0 Å². The molecule has 0 aliphatic heterocycles. The third-order valence-electron chi connectivity index (χ3n) is 3.07. The Labute approximate surface area is 175 Å². The first-order valence-electron chi connectivity index (χ1n) is 10.4. The van der Waals surface area contributed by atoms with Crippen LogP contribution in [0.25, 0.3) is 0 Å². The largest absolute Gasteiger partial charge is 0.679 e. The maximum absolute atomic E-state index is 5.76. The highest BCUT2D eigenvalue weighted by molar-refractivity contribution is 6.53. The van der Waals surface area contributed by atoms with Gasteiger partial charge in [0.25, 0.3) is 0 Å². The molecule has 172 valence electrons. The van der Waals surface area contributed by atoms with Gasteiger partial charge in [-0.05, 0) is 39.5 Å². The lowest BCUT2D eigenvalue weighted by Crippen LogP contribution is -2.50. The quantitative estimate of drug-likeness (QED) is 0.295. The summed E-state index contributed by atoms with van der Waals surface area (Å²) in [7, 11) is -2.57. The first-order valence-corrected chi connectivity index (χ1v) is 13.7. The average molecular weight is 445 g/mol. The molecule has 0 amide bonds. The molecule has 0 bridgehead atoms. The minimum absolute atomic E-state index is 0.536. The Morgan fingerprint density at radius 2 is 0.714 bits per heavy atom. The van der Waals surface area contributed by atoms with Gasteiger partial charge in [0.15, 0.2) is 0 Å². The van der Waals surface area contributed by atoms with Crippen LogP contribution in [0.3, 0.4) is 0 Å². The Morgan fingerprint density at radius 1 is 0.429 bits per heavy atom. The van der Waals surface area contributed by atoms with E-state index in [2.05, 4.69) is 27.7 Å². The lowest BCUT2D eigenvalue weighted by Gasteiger charge is -2.27. The molecule has 0 unspecified atom stereocenters. The lowest BCUT2D eigenvalue weighted by atomic mass is 10.5. The van der Waals surface area contributed by atoms with Gasteiger partial charge in [0.2, 0.25) is 0 Å². The fraction of sp³-hybridized carbons (Fsp3) is 1.00. The van der Waals surface area contributed by atoms with Gasteiger partial charge in [-0.1, -0.05) is 27.7 Å². The highest BCUT2D eigenvalue weighted by atomic mass is 28.4. The number of hydrogen-bond donors (Lipinski definition) is 0. The molecule has 0 aromatic carbocycles. The van der Waals surface area contributed by atoms with Crippen LogP contribution in [0.15, 0.2) is 0 Å². The number of rotatable bonds is 18. The first-order chi connectivity index (χ1) is 13.5. The molecule has 0 saturated carbocycles. The fourth-order valence-corrected chi connectivity index (χ4v) is 5.62. The Balaban J connectivity index is 0. The molecule has 0 aliphatic carbocycles. The van der Waals surface area contributed by atoms with E-state index in [0.29, 0.717) is 39.6 Å². The third kappa shape index (κ3) is 14.2. The topological polar surface area (TPSA) is 73.8 Å². The second-order valence-corrected chi connectivity index (χ2v) is 10.2. The van der Waals surface area contributed by atoms with Crippen LogP contribution in [0.4, 0.5) is 0 Å². The van der Waals surface area contributed by atoms with Gasteiger partial charge in [-0.15, -0.1) is 0 Å². The zero-order valence-corrected chi connectivity index (χ0v) is 21.3. The van der Waals surface area contributed by atoms with Crippen LogP contribution in [0.1, 0.15) is 67.2 Å². The van der Waals surface area contributed by atoms with E-state index < -0.39 is 18.1 Å². The van der Waals surface area contributed by atoms with Crippen molar-refractivity contribution < 1.29 is 35.4 Å². The molecule has 0 aromatic heterocycles. The van der Waals surface area contributed by atoms with E-state index in [1.807, 2.05) is 13.8 Å². The molecular weight excluding hydrogens is 400 g/mol. The number of hydrogen-bond acceptors (Lipinski definition) is 8. The Bertz CT molecular complexity index is 274. The first kappa shape index (κ1) is 30.3. The monoisotopic (exact) mass is 444 g/mol. The van der Waals surface area contributed by atoms with Crippen molar-refractivity contribution in [3.63, 3.8) is 0 Å². The van der Waals surface area contributed by atoms with Gasteiger partial charge >= 0.3 is 18.1 Å². The van der Waals surface area contributed by atoms with Gasteiger partial charge in [-0.3, -0.25) is 0 Å². The zero-order valence-electron chi connectivity index (χ0n) is 19.3. The molecule has 10 heteroatoms. The van der Waals surface area contributed by atoms with Gasteiger partial charge in [-0.25, -0.2) is 0 Å². The second-order valence-electron chi connectivity index (χ2n) is 5.67. The van der Waals surface area contributed by atoms with E-state index in [4.69, 9.17) is 35.4 Å². The molecule has 0 fully saturated rings. The standard InChI is InChI=1S/C12H28O4Si.C6H16O4Si/c1-5-9-13-17(14-10-6-2,15-11-7-3)16-12-8-4;1-5-9-11(7-3,8-4)10-6-2/h5-12H2,1-4H3;5-6H2,1-4H3. The normalized spacial score (nSPS) is 12.0. The van der Waals surface area contributed by atoms with E-state index in [1.165, 1.54) is 14.2 Å².